The van der Waals surface area contributed by atoms with Gasteiger partial charge in [0.1, 0.15) is 42.3 Å². The van der Waals surface area contributed by atoms with Crippen LogP contribution in [0, 0.1) is 5.92 Å². The minimum absolute atomic E-state index is 0.0274. The lowest BCUT2D eigenvalue weighted by atomic mass is 10.0. The fourth-order valence-corrected chi connectivity index (χ4v) is 6.72. The summed E-state index contributed by atoms with van der Waals surface area (Å²) in [6, 6.07) is -9.59. The van der Waals surface area contributed by atoms with Crippen LogP contribution in [0.25, 0.3) is 0 Å². The predicted octanol–water partition coefficient (Wildman–Crippen LogP) is -4.20. The lowest BCUT2D eigenvalue weighted by molar-refractivity contribution is -0.143. The molecule has 0 aromatic heterocycles. The first-order chi connectivity index (χ1) is 27.7. The molecule has 59 heavy (non-hydrogen) atoms. The Morgan fingerprint density at radius 2 is 1.24 bits per heavy atom. The van der Waals surface area contributed by atoms with Crippen molar-refractivity contribution < 1.29 is 58.5 Å². The second-order valence-electron chi connectivity index (χ2n) is 15.2. The van der Waals surface area contributed by atoms with Crippen LogP contribution in [0.1, 0.15) is 85.5 Å². The van der Waals surface area contributed by atoms with E-state index < -0.39 is 108 Å². The third kappa shape index (κ3) is 15.6. The van der Waals surface area contributed by atoms with Gasteiger partial charge in [0.05, 0.1) is 12.6 Å². The molecule has 2 saturated heterocycles. The van der Waals surface area contributed by atoms with E-state index in [1.807, 2.05) is 0 Å². The molecule has 0 aromatic rings. The smallest absolute Gasteiger partial charge is 0.326 e. The number of carbonyl (C=O) groups is 9. The number of aliphatic carboxylic acids is 2. The minimum atomic E-state index is -1.52. The summed E-state index contributed by atoms with van der Waals surface area (Å²) >= 11 is 0. The molecule has 332 valence electrons. The van der Waals surface area contributed by atoms with Gasteiger partial charge in [0.15, 0.2) is 5.96 Å². The zero-order valence-electron chi connectivity index (χ0n) is 34.0. The van der Waals surface area contributed by atoms with Crippen molar-refractivity contribution in [3.8, 4) is 0 Å². The summed E-state index contributed by atoms with van der Waals surface area (Å²) in [5, 5.41) is 40.5. The highest BCUT2D eigenvalue weighted by atomic mass is 16.4. The number of nitrogens with zero attached hydrogens (tertiary/aromatic N) is 3. The Labute approximate surface area is 342 Å². The highest BCUT2D eigenvalue weighted by Gasteiger charge is 2.40. The molecule has 8 atom stereocenters. The van der Waals surface area contributed by atoms with E-state index in [1.165, 1.54) is 23.6 Å². The average molecular weight is 840 g/mol. The highest BCUT2D eigenvalue weighted by Crippen LogP contribution is 2.21. The van der Waals surface area contributed by atoms with Gasteiger partial charge in [-0.25, -0.2) is 4.79 Å². The molecule has 2 fully saturated rings. The Balaban J connectivity index is 2.09. The topological polar surface area (TPSA) is 371 Å². The molecule has 2 aliphatic rings. The Morgan fingerprint density at radius 3 is 1.76 bits per heavy atom. The molecule has 0 aliphatic carbocycles. The molecular formula is C36H61N11O12. The summed E-state index contributed by atoms with van der Waals surface area (Å²) < 4.78 is 0. The maximum absolute atomic E-state index is 13.7. The first-order valence-corrected chi connectivity index (χ1v) is 19.7. The van der Waals surface area contributed by atoms with Crippen molar-refractivity contribution >= 4 is 59.2 Å². The van der Waals surface area contributed by atoms with E-state index in [0.717, 1.165) is 0 Å². The Morgan fingerprint density at radius 1 is 0.695 bits per heavy atom. The number of carboxylic acids is 2. The number of likely N-dealkylation sites (tertiary alicyclic amines) is 2. The van der Waals surface area contributed by atoms with E-state index in [2.05, 4.69) is 31.6 Å². The summed E-state index contributed by atoms with van der Waals surface area (Å²) in [5.74, 6) is -7.80. The molecule has 2 rings (SSSR count). The van der Waals surface area contributed by atoms with Crippen molar-refractivity contribution in [2.75, 3.05) is 26.2 Å². The Hall–Kier alpha value is -5.58. The predicted molar refractivity (Wildman–Crippen MR) is 209 cm³/mol. The van der Waals surface area contributed by atoms with Gasteiger partial charge >= 0.3 is 11.9 Å². The SMILES string of the molecule is CC(C)C[C@H](NC(=O)[C@H](CO)NC(=O)[C@H](C)NC(=O)[C@@H]1CCCN1C(=O)[C@H](C)NC(=O)[C@H](CCCN=C(N)N)NC(=O)[C@@H]1CCCN1C(=O)[C@@H](N)CCC(=O)O)C(=O)O. The van der Waals surface area contributed by atoms with Crippen LogP contribution in [0.15, 0.2) is 4.99 Å². The third-order valence-corrected chi connectivity index (χ3v) is 9.86. The zero-order valence-corrected chi connectivity index (χ0v) is 34.0. The van der Waals surface area contributed by atoms with Gasteiger partial charge in [-0.2, -0.15) is 0 Å². The van der Waals surface area contributed by atoms with Crippen molar-refractivity contribution in [1.82, 2.24) is 36.4 Å². The fourth-order valence-electron chi connectivity index (χ4n) is 6.72. The molecule has 23 heteroatoms. The second kappa shape index (κ2) is 23.7. The molecule has 23 nitrogen and oxygen atoms in total. The van der Waals surface area contributed by atoms with E-state index in [1.54, 1.807) is 13.8 Å². The minimum Gasteiger partial charge on any atom is -0.481 e. The highest BCUT2D eigenvalue weighted by molar-refractivity contribution is 5.97. The Bertz CT molecular complexity index is 1570. The molecule has 0 bridgehead atoms. The van der Waals surface area contributed by atoms with Crippen LogP contribution in [0.3, 0.4) is 0 Å². The van der Waals surface area contributed by atoms with Crippen LogP contribution >= 0.6 is 0 Å². The lowest BCUT2D eigenvalue weighted by Gasteiger charge is -2.30. The normalized spacial score (nSPS) is 19.3. The summed E-state index contributed by atoms with van der Waals surface area (Å²) in [5.41, 5.74) is 16.7. The Kier molecular flexibility index (Phi) is 19.9. The fraction of sp³-hybridized carbons (Fsp3) is 0.722. The molecule has 0 spiro atoms. The van der Waals surface area contributed by atoms with E-state index in [0.29, 0.717) is 12.8 Å². The van der Waals surface area contributed by atoms with Gasteiger partial charge in [0, 0.05) is 26.1 Å². The quantitative estimate of drug-likeness (QED) is 0.0264. The first kappa shape index (κ1) is 49.6. The van der Waals surface area contributed by atoms with Crippen LogP contribution in [0.2, 0.25) is 0 Å². The number of aliphatic hydroxyl groups is 1. The van der Waals surface area contributed by atoms with E-state index >= 15 is 0 Å². The molecule has 0 unspecified atom stereocenters. The van der Waals surface area contributed by atoms with Crippen molar-refractivity contribution in [3.63, 3.8) is 0 Å². The number of guanidine groups is 1. The monoisotopic (exact) mass is 839 g/mol. The number of rotatable bonds is 23. The summed E-state index contributed by atoms with van der Waals surface area (Å²) in [6.07, 6.45) is 1.27. The van der Waals surface area contributed by atoms with Crippen LogP contribution in [0.4, 0.5) is 0 Å². The molecule has 7 amide bonds. The maximum atomic E-state index is 13.7. The number of amides is 7. The van der Waals surface area contributed by atoms with Gasteiger partial charge in [0.2, 0.25) is 41.4 Å². The average Bonchev–Trinajstić information content (AvgIpc) is 3.86. The zero-order chi connectivity index (χ0) is 44.6. The molecule has 2 heterocycles. The van der Waals surface area contributed by atoms with Gasteiger partial charge in [-0.1, -0.05) is 13.8 Å². The van der Waals surface area contributed by atoms with Gasteiger partial charge in [-0.05, 0) is 71.1 Å². The first-order valence-electron chi connectivity index (χ1n) is 19.7. The van der Waals surface area contributed by atoms with Crippen LogP contribution in [0.5, 0.6) is 0 Å². The number of hydrogen-bond donors (Lipinski definition) is 11. The molecule has 0 saturated carbocycles. The van der Waals surface area contributed by atoms with Crippen LogP contribution in [-0.2, 0) is 43.2 Å². The second-order valence-corrected chi connectivity index (χ2v) is 15.2. The summed E-state index contributed by atoms with van der Waals surface area (Å²) in [7, 11) is 0. The van der Waals surface area contributed by atoms with E-state index in [9.17, 15) is 53.4 Å². The number of carboxylic acid groups (broad SMARTS) is 2. The van der Waals surface area contributed by atoms with E-state index in [-0.39, 0.29) is 76.5 Å². The molecule has 14 N–H and O–H groups in total. The number of carbonyl (C=O) groups excluding carboxylic acids is 7. The standard InChI is InChI=1S/C36H61N11O12/c1-18(2)16-23(35(58)59)44-30(53)24(17-48)45-28(51)19(3)41-31(54)25-9-6-14-46(25)33(56)20(4)42-29(52)22(8-5-13-40-36(38)39)43-32(55)26-10-7-15-47(26)34(57)21(37)11-12-27(49)50/h18-26,48H,5-17,37H2,1-4H3,(H,41,54)(H,42,52)(H,43,55)(H,44,53)(H,45,51)(H,49,50)(H,58,59)(H4,38,39,40)/t19-,20-,21-,22-,23-,24-,25-,26-/m0/s1. The number of nitrogens with one attached hydrogen (secondary N) is 5. The number of aliphatic hydroxyl groups excluding tert-OH is 1. The summed E-state index contributed by atoms with van der Waals surface area (Å²) in [6.45, 7) is 5.84. The number of aliphatic imine (C=N–C) groups is 1. The van der Waals surface area contributed by atoms with Crippen molar-refractivity contribution in [2.45, 2.75) is 134 Å². The van der Waals surface area contributed by atoms with Gasteiger partial charge in [-0.3, -0.25) is 43.3 Å². The third-order valence-electron chi connectivity index (χ3n) is 9.86. The number of nitrogens with two attached hydrogens (primary N) is 3. The van der Waals surface area contributed by atoms with Crippen LogP contribution < -0.4 is 43.8 Å². The maximum Gasteiger partial charge on any atom is 0.326 e. The van der Waals surface area contributed by atoms with Crippen LogP contribution in [-0.4, -0.2) is 159 Å². The van der Waals surface area contributed by atoms with E-state index in [4.69, 9.17) is 22.3 Å². The van der Waals surface area contributed by atoms with Gasteiger partial charge < -0.3 is 68.9 Å². The molecule has 0 aromatic carbocycles. The van der Waals surface area contributed by atoms with Crippen molar-refractivity contribution in [2.24, 2.45) is 28.1 Å². The van der Waals surface area contributed by atoms with Crippen molar-refractivity contribution in [3.05, 3.63) is 0 Å². The molecule has 2 aliphatic heterocycles. The summed E-state index contributed by atoms with van der Waals surface area (Å²) in [4.78, 5) is 122. The van der Waals surface area contributed by atoms with Crippen molar-refractivity contribution in [1.29, 1.82) is 0 Å². The molecule has 0 radical (unpaired) electrons. The number of hydrogen-bond acceptors (Lipinski definition) is 12. The van der Waals surface area contributed by atoms with Gasteiger partial charge in [0.25, 0.3) is 0 Å². The largest absolute Gasteiger partial charge is 0.481 e. The van der Waals surface area contributed by atoms with Gasteiger partial charge in [-0.15, -0.1) is 0 Å². The lowest BCUT2D eigenvalue weighted by Crippen LogP contribution is -2.59. The molecular weight excluding hydrogens is 778 g/mol.